The zero-order valence-electron chi connectivity index (χ0n) is 16.9. The Morgan fingerprint density at radius 1 is 0.862 bits per heavy atom. The van der Waals surface area contributed by atoms with Gasteiger partial charge in [0.15, 0.2) is 0 Å². The average Bonchev–Trinajstić information content (AvgIpc) is 3.08. The van der Waals surface area contributed by atoms with Gasteiger partial charge in [0, 0.05) is 23.6 Å². The highest BCUT2D eigenvalue weighted by Gasteiger charge is 2.18. The maximum absolute atomic E-state index is 12.9. The molecule has 5 nitrogen and oxygen atoms in total. The molecular weight excluding hydrogens is 382 g/mol. The Balaban J connectivity index is 1.61. The number of rotatable bonds is 4. The number of aryl methyl sites for hydroxylation is 4. The van der Waals surface area contributed by atoms with E-state index in [-0.39, 0.29) is 0 Å². The van der Waals surface area contributed by atoms with E-state index < -0.39 is 10.0 Å². The lowest BCUT2D eigenvalue weighted by Gasteiger charge is -2.13. The highest BCUT2D eigenvalue weighted by Crippen LogP contribution is 2.25. The Hall–Kier alpha value is -3.12. The second kappa shape index (κ2) is 7.04. The molecule has 0 radical (unpaired) electrons. The van der Waals surface area contributed by atoms with Gasteiger partial charge in [-0.25, -0.2) is 13.4 Å². The van der Waals surface area contributed by atoms with E-state index in [9.17, 15) is 8.42 Å². The van der Waals surface area contributed by atoms with Crippen LogP contribution in [0.5, 0.6) is 0 Å². The predicted molar refractivity (Wildman–Crippen MR) is 117 cm³/mol. The molecule has 2 aromatic heterocycles. The molecule has 0 spiro atoms. The molecule has 0 bridgehead atoms. The number of nitrogens with one attached hydrogen (secondary N) is 1. The SMILES string of the molecule is Cc1ccn2cc(-c3ccc(NS(=O)(=O)c4cc(C)c(C)cc4C)cc3)nc2c1. The van der Waals surface area contributed by atoms with Crippen LogP contribution in [0.25, 0.3) is 16.9 Å². The van der Waals surface area contributed by atoms with Crippen molar-refractivity contribution >= 4 is 21.4 Å². The first-order valence-electron chi connectivity index (χ1n) is 9.39. The van der Waals surface area contributed by atoms with Crippen LogP contribution in [0.4, 0.5) is 5.69 Å². The molecular formula is C23H23N3O2S. The summed E-state index contributed by atoms with van der Waals surface area (Å²) in [5.74, 6) is 0. The smallest absolute Gasteiger partial charge is 0.262 e. The summed E-state index contributed by atoms with van der Waals surface area (Å²) in [4.78, 5) is 4.96. The zero-order chi connectivity index (χ0) is 20.8. The maximum atomic E-state index is 12.9. The van der Waals surface area contributed by atoms with Gasteiger partial charge in [0.1, 0.15) is 5.65 Å². The lowest BCUT2D eigenvalue weighted by Crippen LogP contribution is -2.14. The van der Waals surface area contributed by atoms with E-state index >= 15 is 0 Å². The highest BCUT2D eigenvalue weighted by molar-refractivity contribution is 7.92. The zero-order valence-corrected chi connectivity index (χ0v) is 17.7. The number of hydrogen-bond acceptors (Lipinski definition) is 3. The van der Waals surface area contributed by atoms with Crippen molar-refractivity contribution in [3.05, 3.63) is 83.2 Å². The van der Waals surface area contributed by atoms with Crippen LogP contribution in [0.2, 0.25) is 0 Å². The van der Waals surface area contributed by atoms with Crippen LogP contribution in [-0.2, 0) is 10.0 Å². The molecule has 6 heteroatoms. The lowest BCUT2D eigenvalue weighted by atomic mass is 10.1. The van der Waals surface area contributed by atoms with E-state index in [1.54, 1.807) is 18.2 Å². The average molecular weight is 406 g/mol. The fraction of sp³-hybridized carbons (Fsp3) is 0.174. The third-order valence-corrected chi connectivity index (χ3v) is 6.65. The van der Waals surface area contributed by atoms with Gasteiger partial charge in [-0.2, -0.15) is 0 Å². The van der Waals surface area contributed by atoms with Crippen molar-refractivity contribution < 1.29 is 8.42 Å². The van der Waals surface area contributed by atoms with Crippen LogP contribution in [0.1, 0.15) is 22.3 Å². The summed E-state index contributed by atoms with van der Waals surface area (Å²) >= 11 is 0. The first-order valence-corrected chi connectivity index (χ1v) is 10.9. The minimum Gasteiger partial charge on any atom is -0.306 e. The van der Waals surface area contributed by atoms with Crippen LogP contribution in [0.15, 0.2) is 65.8 Å². The summed E-state index contributed by atoms with van der Waals surface area (Å²) in [7, 11) is -3.66. The molecule has 0 saturated carbocycles. The summed E-state index contributed by atoms with van der Waals surface area (Å²) in [6.07, 6.45) is 3.95. The minimum atomic E-state index is -3.66. The van der Waals surface area contributed by atoms with Crippen molar-refractivity contribution in [2.24, 2.45) is 0 Å². The third-order valence-electron chi connectivity index (χ3n) is 5.13. The highest BCUT2D eigenvalue weighted by atomic mass is 32.2. The number of benzene rings is 2. The summed E-state index contributed by atoms with van der Waals surface area (Å²) in [6.45, 7) is 7.74. The molecule has 0 atom stereocenters. The first-order chi connectivity index (χ1) is 13.7. The van der Waals surface area contributed by atoms with Gasteiger partial charge in [-0.1, -0.05) is 18.2 Å². The Morgan fingerprint density at radius 2 is 1.55 bits per heavy atom. The fourth-order valence-corrected chi connectivity index (χ4v) is 4.74. The van der Waals surface area contributed by atoms with E-state index in [2.05, 4.69) is 9.71 Å². The normalized spacial score (nSPS) is 11.7. The van der Waals surface area contributed by atoms with Crippen molar-refractivity contribution in [2.75, 3.05) is 4.72 Å². The number of imidazole rings is 1. The Bertz CT molecular complexity index is 1320. The van der Waals surface area contributed by atoms with Crippen molar-refractivity contribution in [1.29, 1.82) is 0 Å². The molecule has 2 heterocycles. The molecule has 4 rings (SSSR count). The fourth-order valence-electron chi connectivity index (χ4n) is 3.37. The van der Waals surface area contributed by atoms with Crippen molar-refractivity contribution in [3.63, 3.8) is 0 Å². The van der Waals surface area contributed by atoms with Crippen LogP contribution in [0, 0.1) is 27.7 Å². The standard InChI is InChI=1S/C23H23N3O2S/c1-15-9-10-26-14-21(24-23(26)11-15)19-5-7-20(8-6-19)25-29(27,28)22-13-17(3)16(2)12-18(22)4/h5-14,25H,1-4H3. The van der Waals surface area contributed by atoms with E-state index in [4.69, 9.17) is 0 Å². The largest absolute Gasteiger partial charge is 0.306 e. The van der Waals surface area contributed by atoms with Gasteiger partial charge in [0.2, 0.25) is 0 Å². The molecule has 0 aliphatic carbocycles. The van der Waals surface area contributed by atoms with Crippen LogP contribution >= 0.6 is 0 Å². The second-order valence-electron chi connectivity index (χ2n) is 7.48. The Kier molecular flexibility index (Phi) is 4.67. The molecule has 0 unspecified atom stereocenters. The number of aromatic nitrogens is 2. The van der Waals surface area contributed by atoms with E-state index in [1.165, 1.54) is 0 Å². The Morgan fingerprint density at radius 3 is 2.28 bits per heavy atom. The number of nitrogens with zero attached hydrogens (tertiary/aromatic N) is 2. The quantitative estimate of drug-likeness (QED) is 0.518. The van der Waals surface area contributed by atoms with Crippen LogP contribution < -0.4 is 4.72 Å². The number of fused-ring (bicyclic) bond motifs is 1. The minimum absolute atomic E-state index is 0.306. The van der Waals surface area contributed by atoms with E-state index in [0.717, 1.165) is 39.2 Å². The van der Waals surface area contributed by atoms with E-state index in [1.807, 2.05) is 74.8 Å². The molecule has 0 saturated heterocycles. The summed E-state index contributed by atoms with van der Waals surface area (Å²) in [5, 5.41) is 0. The van der Waals surface area contributed by atoms with Gasteiger partial charge in [-0.05, 0) is 80.3 Å². The monoisotopic (exact) mass is 405 g/mol. The van der Waals surface area contributed by atoms with Gasteiger partial charge >= 0.3 is 0 Å². The number of hydrogen-bond donors (Lipinski definition) is 1. The molecule has 0 aliphatic heterocycles. The summed E-state index contributed by atoms with van der Waals surface area (Å²) in [6, 6.07) is 15.0. The molecule has 148 valence electrons. The summed E-state index contributed by atoms with van der Waals surface area (Å²) in [5.41, 5.74) is 7.09. The second-order valence-corrected chi connectivity index (χ2v) is 9.13. The first kappa shape index (κ1) is 19.2. The maximum Gasteiger partial charge on any atom is 0.262 e. The van der Waals surface area contributed by atoms with E-state index in [0.29, 0.717) is 10.6 Å². The van der Waals surface area contributed by atoms with Gasteiger partial charge in [0.25, 0.3) is 10.0 Å². The lowest BCUT2D eigenvalue weighted by molar-refractivity contribution is 0.600. The molecule has 2 aromatic carbocycles. The van der Waals surface area contributed by atoms with Crippen LogP contribution in [0.3, 0.4) is 0 Å². The Labute approximate surface area is 171 Å². The third kappa shape index (κ3) is 3.76. The molecule has 0 amide bonds. The predicted octanol–water partition coefficient (Wildman–Crippen LogP) is 5.04. The van der Waals surface area contributed by atoms with Crippen molar-refractivity contribution in [2.45, 2.75) is 32.6 Å². The number of sulfonamides is 1. The molecule has 0 fully saturated rings. The molecule has 29 heavy (non-hydrogen) atoms. The van der Waals surface area contributed by atoms with Gasteiger partial charge in [0.05, 0.1) is 10.6 Å². The molecule has 1 N–H and O–H groups in total. The number of pyridine rings is 1. The molecule has 0 aliphatic rings. The topological polar surface area (TPSA) is 63.5 Å². The summed E-state index contributed by atoms with van der Waals surface area (Å²) < 4.78 is 30.4. The molecule has 4 aromatic rings. The van der Waals surface area contributed by atoms with Gasteiger partial charge in [-0.15, -0.1) is 0 Å². The van der Waals surface area contributed by atoms with Crippen molar-refractivity contribution in [1.82, 2.24) is 9.38 Å². The van der Waals surface area contributed by atoms with Crippen molar-refractivity contribution in [3.8, 4) is 11.3 Å². The van der Waals surface area contributed by atoms with Crippen LogP contribution in [-0.4, -0.2) is 17.8 Å². The number of anilines is 1. The van der Waals surface area contributed by atoms with Gasteiger partial charge in [-0.3, -0.25) is 4.72 Å². The van der Waals surface area contributed by atoms with Gasteiger partial charge < -0.3 is 4.40 Å².